The van der Waals surface area contributed by atoms with Gasteiger partial charge < -0.3 is 4.98 Å². The molecular weight excluding hydrogens is 358 g/mol. The Hall–Kier alpha value is -3.36. The minimum atomic E-state index is 1.22. The predicted molar refractivity (Wildman–Crippen MR) is 124 cm³/mol. The van der Waals surface area contributed by atoms with Crippen molar-refractivity contribution in [3.63, 3.8) is 0 Å². The van der Waals surface area contributed by atoms with Gasteiger partial charge in [0.05, 0.1) is 5.52 Å². The fraction of sp³-hybridized carbons (Fsp3) is 0. The summed E-state index contributed by atoms with van der Waals surface area (Å²) in [6.45, 7) is 0. The molecule has 130 valence electrons. The van der Waals surface area contributed by atoms with Gasteiger partial charge in [0.2, 0.25) is 0 Å². The van der Waals surface area contributed by atoms with Crippen LogP contribution in [0.15, 0.2) is 84.9 Å². The first-order chi connectivity index (χ1) is 13.9. The molecule has 0 saturated carbocycles. The molecular formula is C26H15NS. The predicted octanol–water partition coefficient (Wildman–Crippen LogP) is 8.00. The lowest BCUT2D eigenvalue weighted by molar-refractivity contribution is 1.57. The first-order valence-electron chi connectivity index (χ1n) is 9.54. The van der Waals surface area contributed by atoms with Crippen molar-refractivity contribution in [1.82, 2.24) is 4.98 Å². The van der Waals surface area contributed by atoms with Crippen LogP contribution in [0.5, 0.6) is 0 Å². The zero-order valence-corrected chi connectivity index (χ0v) is 15.8. The molecule has 0 aliphatic rings. The number of aromatic nitrogens is 1. The second kappa shape index (κ2) is 5.12. The molecule has 0 spiro atoms. The van der Waals surface area contributed by atoms with Gasteiger partial charge in [0.15, 0.2) is 0 Å². The monoisotopic (exact) mass is 373 g/mol. The van der Waals surface area contributed by atoms with E-state index < -0.39 is 0 Å². The zero-order chi connectivity index (χ0) is 18.2. The summed E-state index contributed by atoms with van der Waals surface area (Å²) in [5.74, 6) is 0. The maximum absolute atomic E-state index is 3.70. The van der Waals surface area contributed by atoms with Crippen molar-refractivity contribution in [1.29, 1.82) is 0 Å². The van der Waals surface area contributed by atoms with Crippen molar-refractivity contribution < 1.29 is 0 Å². The summed E-state index contributed by atoms with van der Waals surface area (Å²) in [4.78, 5) is 3.70. The molecule has 0 aliphatic carbocycles. The molecule has 0 fully saturated rings. The number of aromatic amines is 1. The van der Waals surface area contributed by atoms with E-state index in [1.807, 2.05) is 11.3 Å². The number of rotatable bonds is 0. The second-order valence-corrected chi connectivity index (χ2v) is 8.51. The van der Waals surface area contributed by atoms with Crippen molar-refractivity contribution in [2.75, 3.05) is 0 Å². The first-order valence-corrected chi connectivity index (χ1v) is 10.4. The highest BCUT2D eigenvalue weighted by atomic mass is 32.1. The van der Waals surface area contributed by atoms with Gasteiger partial charge in [-0.2, -0.15) is 0 Å². The molecule has 1 nitrogen and oxygen atoms in total. The van der Waals surface area contributed by atoms with E-state index in [4.69, 9.17) is 0 Å². The van der Waals surface area contributed by atoms with Crippen LogP contribution in [0.2, 0.25) is 0 Å². The second-order valence-electron chi connectivity index (χ2n) is 7.46. The van der Waals surface area contributed by atoms with Gasteiger partial charge in [-0.1, -0.05) is 72.8 Å². The van der Waals surface area contributed by atoms with Crippen LogP contribution in [0.3, 0.4) is 0 Å². The lowest BCUT2D eigenvalue weighted by Gasteiger charge is -2.00. The Morgan fingerprint density at radius 2 is 1.25 bits per heavy atom. The summed E-state index contributed by atoms with van der Waals surface area (Å²) in [5.41, 5.74) is 2.46. The fourth-order valence-electron chi connectivity index (χ4n) is 4.73. The molecule has 0 bridgehead atoms. The molecule has 0 amide bonds. The quantitative estimate of drug-likeness (QED) is 0.277. The first kappa shape index (κ1) is 14.7. The normalized spacial score (nSPS) is 12.3. The van der Waals surface area contributed by atoms with Gasteiger partial charge in [0.1, 0.15) is 0 Å². The lowest BCUT2D eigenvalue weighted by Crippen LogP contribution is -1.74. The Labute approximate surface area is 164 Å². The summed E-state index contributed by atoms with van der Waals surface area (Å²) < 4.78 is 2.74. The maximum atomic E-state index is 3.70. The fourth-order valence-corrected chi connectivity index (χ4v) is 6.01. The lowest BCUT2D eigenvalue weighted by atomic mass is 10.0. The van der Waals surface area contributed by atoms with E-state index in [1.165, 1.54) is 63.5 Å². The van der Waals surface area contributed by atoms with Gasteiger partial charge >= 0.3 is 0 Å². The van der Waals surface area contributed by atoms with Crippen LogP contribution >= 0.6 is 11.3 Å². The van der Waals surface area contributed by atoms with Crippen LogP contribution in [-0.2, 0) is 0 Å². The van der Waals surface area contributed by atoms with Crippen LogP contribution in [0.25, 0.3) is 63.5 Å². The molecule has 0 aliphatic heterocycles. The van der Waals surface area contributed by atoms with Gasteiger partial charge in [-0.3, -0.25) is 0 Å². The number of benzene rings is 5. The Morgan fingerprint density at radius 3 is 2.14 bits per heavy atom. The summed E-state index contributed by atoms with van der Waals surface area (Å²) in [5, 5.41) is 10.6. The average molecular weight is 373 g/mol. The van der Waals surface area contributed by atoms with Crippen LogP contribution in [-0.4, -0.2) is 4.98 Å². The number of hydrogen-bond acceptors (Lipinski definition) is 1. The average Bonchev–Trinajstić information content (AvgIpc) is 3.32. The smallest absolute Gasteiger partial charge is 0.0545 e. The third-order valence-corrected chi connectivity index (χ3v) is 7.18. The third kappa shape index (κ3) is 1.76. The molecule has 2 heteroatoms. The highest BCUT2D eigenvalue weighted by molar-refractivity contribution is 7.27. The third-order valence-electron chi connectivity index (χ3n) is 5.99. The summed E-state index contributed by atoms with van der Waals surface area (Å²) in [6, 6.07) is 30.9. The number of fused-ring (bicyclic) bond motifs is 11. The SMILES string of the molecule is c1ccc2c(c1)ccc1c2[nH]c2ccc3c(sc4ccc5ccccc5c43)c21. The zero-order valence-electron chi connectivity index (χ0n) is 15.0. The largest absolute Gasteiger partial charge is 0.354 e. The highest BCUT2D eigenvalue weighted by Crippen LogP contribution is 2.44. The van der Waals surface area contributed by atoms with Gasteiger partial charge in [-0.25, -0.2) is 0 Å². The van der Waals surface area contributed by atoms with Crippen molar-refractivity contribution in [3.8, 4) is 0 Å². The maximum Gasteiger partial charge on any atom is 0.0545 e. The van der Waals surface area contributed by atoms with Crippen molar-refractivity contribution in [2.45, 2.75) is 0 Å². The van der Waals surface area contributed by atoms with Crippen molar-refractivity contribution in [2.24, 2.45) is 0 Å². The van der Waals surface area contributed by atoms with Gasteiger partial charge in [-0.05, 0) is 28.3 Å². The van der Waals surface area contributed by atoms with Crippen LogP contribution in [0, 0.1) is 0 Å². The van der Waals surface area contributed by atoms with E-state index in [0.717, 1.165) is 0 Å². The van der Waals surface area contributed by atoms with E-state index in [2.05, 4.69) is 89.9 Å². The van der Waals surface area contributed by atoms with Crippen molar-refractivity contribution >= 4 is 74.9 Å². The van der Waals surface area contributed by atoms with Crippen LogP contribution in [0.4, 0.5) is 0 Å². The van der Waals surface area contributed by atoms with Crippen LogP contribution < -0.4 is 0 Å². The molecule has 0 saturated heterocycles. The van der Waals surface area contributed by atoms with E-state index >= 15 is 0 Å². The van der Waals surface area contributed by atoms with Crippen LogP contribution in [0.1, 0.15) is 0 Å². The highest BCUT2D eigenvalue weighted by Gasteiger charge is 2.15. The Balaban J connectivity index is 1.74. The topological polar surface area (TPSA) is 15.8 Å². The Bertz CT molecular complexity index is 1720. The van der Waals surface area contributed by atoms with E-state index in [-0.39, 0.29) is 0 Å². The summed E-state index contributed by atoms with van der Waals surface area (Å²) in [6.07, 6.45) is 0. The van der Waals surface area contributed by atoms with E-state index in [0.29, 0.717) is 0 Å². The number of nitrogens with one attached hydrogen (secondary N) is 1. The van der Waals surface area contributed by atoms with Gasteiger partial charge in [-0.15, -0.1) is 11.3 Å². The molecule has 7 rings (SSSR count). The molecule has 0 unspecified atom stereocenters. The van der Waals surface area contributed by atoms with Gasteiger partial charge in [0.25, 0.3) is 0 Å². The van der Waals surface area contributed by atoms with Crippen molar-refractivity contribution in [3.05, 3.63) is 84.9 Å². The molecule has 7 aromatic rings. The molecule has 5 aromatic carbocycles. The standard InChI is InChI=1S/C26H15NS/c1-3-7-17-15(5-1)10-14-22-23(17)20-12-13-21-24(26(20)28-22)19-11-9-16-6-2-4-8-18(16)25(19)27-21/h1-14,27H. The van der Waals surface area contributed by atoms with E-state index in [1.54, 1.807) is 0 Å². The molecule has 2 heterocycles. The minimum Gasteiger partial charge on any atom is -0.354 e. The van der Waals surface area contributed by atoms with Gasteiger partial charge in [0, 0.05) is 41.8 Å². The molecule has 28 heavy (non-hydrogen) atoms. The Kier molecular flexibility index (Phi) is 2.68. The Morgan fingerprint density at radius 1 is 0.536 bits per heavy atom. The molecule has 2 aromatic heterocycles. The number of H-pyrrole nitrogens is 1. The summed E-state index contributed by atoms with van der Waals surface area (Å²) >= 11 is 1.91. The summed E-state index contributed by atoms with van der Waals surface area (Å²) in [7, 11) is 0. The minimum absolute atomic E-state index is 1.22. The van der Waals surface area contributed by atoms with E-state index in [9.17, 15) is 0 Å². The molecule has 0 radical (unpaired) electrons. The number of thiophene rings is 1. The molecule has 0 atom stereocenters. The molecule has 1 N–H and O–H groups in total. The number of hydrogen-bond donors (Lipinski definition) is 1.